The molecule has 0 bridgehead atoms. The Morgan fingerprint density at radius 2 is 2.17 bits per heavy atom. The number of carbonyl (C=O) groups excluding carboxylic acids is 1. The predicted molar refractivity (Wildman–Crippen MR) is 81.2 cm³/mol. The molecule has 1 N–H and O–H groups in total. The molecule has 1 fully saturated rings. The number of carbonyl (C=O) groups is 1. The number of fused-ring (bicyclic) bond motifs is 1. The molecule has 120 valence electrons. The second-order valence-corrected chi connectivity index (χ2v) is 5.62. The molecule has 1 amide bonds. The molecular weight excluding hydrogens is 298 g/mol. The van der Waals surface area contributed by atoms with Crippen LogP contribution in [0.2, 0.25) is 0 Å². The smallest absolute Gasteiger partial charge is 0.231 e. The number of aryl methyl sites for hydroxylation is 1. The number of nitrogens with one attached hydrogen (secondary N) is 1. The fourth-order valence-electron chi connectivity index (χ4n) is 3.02. The van der Waals surface area contributed by atoms with Gasteiger partial charge < -0.3 is 19.5 Å². The summed E-state index contributed by atoms with van der Waals surface area (Å²) in [6.45, 7) is 0.779. The zero-order valence-corrected chi connectivity index (χ0v) is 12.7. The molecular formula is C16H17N3O4. The first-order valence-electron chi connectivity index (χ1n) is 7.52. The molecule has 2 atom stereocenters. The molecule has 1 aromatic carbocycles. The summed E-state index contributed by atoms with van der Waals surface area (Å²) >= 11 is 0. The van der Waals surface area contributed by atoms with E-state index in [2.05, 4.69) is 10.4 Å². The van der Waals surface area contributed by atoms with Gasteiger partial charge in [0, 0.05) is 31.6 Å². The van der Waals surface area contributed by atoms with E-state index in [1.807, 2.05) is 13.1 Å². The van der Waals surface area contributed by atoms with Crippen molar-refractivity contribution in [2.24, 2.45) is 13.0 Å². The Labute approximate surface area is 133 Å². The largest absolute Gasteiger partial charge is 0.454 e. The van der Waals surface area contributed by atoms with Crippen LogP contribution in [0.15, 0.2) is 30.5 Å². The highest BCUT2D eigenvalue weighted by Crippen LogP contribution is 2.37. The summed E-state index contributed by atoms with van der Waals surface area (Å²) in [6.07, 6.45) is 2.13. The van der Waals surface area contributed by atoms with E-state index in [9.17, 15) is 4.79 Å². The first-order chi connectivity index (χ1) is 11.2. The van der Waals surface area contributed by atoms with Gasteiger partial charge >= 0.3 is 0 Å². The molecule has 2 aromatic rings. The van der Waals surface area contributed by atoms with Gasteiger partial charge in [-0.25, -0.2) is 0 Å². The Kier molecular flexibility index (Phi) is 3.42. The summed E-state index contributed by atoms with van der Waals surface area (Å²) in [5.74, 6) is 1.04. The second-order valence-electron chi connectivity index (χ2n) is 5.62. The normalized spacial score (nSPS) is 22.3. The number of rotatable bonds is 3. The van der Waals surface area contributed by atoms with E-state index in [1.54, 1.807) is 29.1 Å². The molecule has 0 radical (unpaired) electrons. The van der Waals surface area contributed by atoms with Gasteiger partial charge in [-0.15, -0.1) is 0 Å². The van der Waals surface area contributed by atoms with E-state index >= 15 is 0 Å². The van der Waals surface area contributed by atoms with Crippen molar-refractivity contribution >= 4 is 11.6 Å². The van der Waals surface area contributed by atoms with Crippen LogP contribution in [0.4, 0.5) is 5.69 Å². The molecule has 2 aliphatic heterocycles. The maximum absolute atomic E-state index is 12.6. The Balaban J connectivity index is 1.51. The van der Waals surface area contributed by atoms with Gasteiger partial charge in [0.25, 0.3) is 0 Å². The lowest BCUT2D eigenvalue weighted by Gasteiger charge is -2.18. The number of nitrogens with zero attached hydrogens (tertiary/aromatic N) is 2. The van der Waals surface area contributed by atoms with Crippen molar-refractivity contribution in [2.75, 3.05) is 18.7 Å². The van der Waals surface area contributed by atoms with Crippen molar-refractivity contribution in [3.63, 3.8) is 0 Å². The van der Waals surface area contributed by atoms with E-state index < -0.39 is 0 Å². The van der Waals surface area contributed by atoms with E-state index in [0.717, 1.165) is 5.69 Å². The molecule has 0 aliphatic carbocycles. The first-order valence-corrected chi connectivity index (χ1v) is 7.52. The molecule has 7 heteroatoms. The predicted octanol–water partition coefficient (Wildman–Crippen LogP) is 1.87. The fourth-order valence-corrected chi connectivity index (χ4v) is 3.02. The summed E-state index contributed by atoms with van der Waals surface area (Å²) in [5.41, 5.74) is 1.60. The Morgan fingerprint density at radius 1 is 1.30 bits per heavy atom. The Morgan fingerprint density at radius 3 is 3.00 bits per heavy atom. The van der Waals surface area contributed by atoms with Gasteiger partial charge in [-0.1, -0.05) is 0 Å². The van der Waals surface area contributed by atoms with Gasteiger partial charge in [-0.05, 0) is 24.6 Å². The SMILES string of the molecule is Cn1nccc1[C@@H]1OCC[C@H]1C(=O)Nc1ccc2c(c1)OCO2. The molecule has 7 nitrogen and oxygen atoms in total. The average Bonchev–Trinajstić information content (AvgIpc) is 3.25. The highest BCUT2D eigenvalue weighted by atomic mass is 16.7. The van der Waals surface area contributed by atoms with Crippen molar-refractivity contribution in [1.82, 2.24) is 9.78 Å². The summed E-state index contributed by atoms with van der Waals surface area (Å²) in [5, 5.41) is 7.09. The summed E-state index contributed by atoms with van der Waals surface area (Å²) in [6, 6.07) is 7.26. The van der Waals surface area contributed by atoms with E-state index in [-0.39, 0.29) is 24.7 Å². The van der Waals surface area contributed by atoms with Gasteiger partial charge in [0.05, 0.1) is 11.6 Å². The van der Waals surface area contributed by atoms with Crippen LogP contribution in [-0.4, -0.2) is 29.1 Å². The molecule has 1 saturated heterocycles. The average molecular weight is 315 g/mol. The number of hydrogen-bond acceptors (Lipinski definition) is 5. The maximum atomic E-state index is 12.6. The van der Waals surface area contributed by atoms with Crippen molar-refractivity contribution < 1.29 is 19.0 Å². The van der Waals surface area contributed by atoms with Crippen LogP contribution < -0.4 is 14.8 Å². The van der Waals surface area contributed by atoms with Crippen molar-refractivity contribution in [3.05, 3.63) is 36.2 Å². The molecule has 0 unspecified atom stereocenters. The van der Waals surface area contributed by atoms with Crippen LogP contribution in [0, 0.1) is 5.92 Å². The van der Waals surface area contributed by atoms with Crippen molar-refractivity contribution in [3.8, 4) is 11.5 Å². The highest BCUT2D eigenvalue weighted by Gasteiger charge is 2.36. The third kappa shape index (κ3) is 2.53. The van der Waals surface area contributed by atoms with Crippen molar-refractivity contribution in [1.29, 1.82) is 0 Å². The van der Waals surface area contributed by atoms with Crippen LogP contribution >= 0.6 is 0 Å². The van der Waals surface area contributed by atoms with Crippen molar-refractivity contribution in [2.45, 2.75) is 12.5 Å². The summed E-state index contributed by atoms with van der Waals surface area (Å²) in [7, 11) is 1.85. The molecule has 4 rings (SSSR count). The first kappa shape index (κ1) is 14.1. The third-order valence-corrected chi connectivity index (χ3v) is 4.22. The van der Waals surface area contributed by atoms with Crippen LogP contribution in [0.25, 0.3) is 0 Å². The fraction of sp³-hybridized carbons (Fsp3) is 0.375. The number of aromatic nitrogens is 2. The number of anilines is 1. The monoisotopic (exact) mass is 315 g/mol. The Bertz CT molecular complexity index is 743. The van der Waals surface area contributed by atoms with E-state index in [1.165, 1.54) is 0 Å². The van der Waals surface area contributed by atoms with Crippen LogP contribution in [0.3, 0.4) is 0 Å². The van der Waals surface area contributed by atoms with Gasteiger partial charge in [0.1, 0.15) is 6.10 Å². The van der Waals surface area contributed by atoms with Crippen LogP contribution in [0.1, 0.15) is 18.2 Å². The van der Waals surface area contributed by atoms with Crippen LogP contribution in [-0.2, 0) is 16.6 Å². The molecule has 2 aliphatic rings. The minimum Gasteiger partial charge on any atom is -0.454 e. The zero-order chi connectivity index (χ0) is 15.8. The van der Waals surface area contributed by atoms with E-state index in [0.29, 0.717) is 30.2 Å². The summed E-state index contributed by atoms with van der Waals surface area (Å²) < 4.78 is 18.1. The number of amides is 1. The second kappa shape index (κ2) is 5.58. The zero-order valence-electron chi connectivity index (χ0n) is 12.7. The molecule has 3 heterocycles. The maximum Gasteiger partial charge on any atom is 0.231 e. The van der Waals surface area contributed by atoms with Gasteiger partial charge in [0.15, 0.2) is 11.5 Å². The van der Waals surface area contributed by atoms with Gasteiger partial charge in [-0.2, -0.15) is 5.10 Å². The molecule has 1 aromatic heterocycles. The molecule has 0 saturated carbocycles. The lowest BCUT2D eigenvalue weighted by atomic mass is 9.98. The van der Waals surface area contributed by atoms with Gasteiger partial charge in [0.2, 0.25) is 12.7 Å². The van der Waals surface area contributed by atoms with E-state index in [4.69, 9.17) is 14.2 Å². The molecule has 23 heavy (non-hydrogen) atoms. The topological polar surface area (TPSA) is 74.6 Å². The quantitative estimate of drug-likeness (QED) is 0.936. The summed E-state index contributed by atoms with van der Waals surface area (Å²) in [4.78, 5) is 12.6. The number of hydrogen-bond donors (Lipinski definition) is 1. The van der Waals surface area contributed by atoms with Gasteiger partial charge in [-0.3, -0.25) is 9.48 Å². The number of ether oxygens (including phenoxy) is 3. The van der Waals surface area contributed by atoms with Crippen LogP contribution in [0.5, 0.6) is 11.5 Å². The lowest BCUT2D eigenvalue weighted by molar-refractivity contribution is -0.121. The minimum atomic E-state index is -0.267. The highest BCUT2D eigenvalue weighted by molar-refractivity contribution is 5.93. The third-order valence-electron chi connectivity index (χ3n) is 4.22. The minimum absolute atomic E-state index is 0.0624. The molecule has 0 spiro atoms. The number of benzene rings is 1. The lowest BCUT2D eigenvalue weighted by Crippen LogP contribution is -2.26. The standard InChI is InChI=1S/C16H17N3O4/c1-19-12(4-6-17-19)15-11(5-7-21-15)16(20)18-10-2-3-13-14(8-10)23-9-22-13/h2-4,6,8,11,15H,5,7,9H2,1H3,(H,18,20)/t11-,15-/m1/s1. The Hall–Kier alpha value is -2.54.